The molecular formula is C56H53FIrN4OSi-2. The average molecular weight is 1040 g/mol. The molecule has 0 aliphatic rings. The molecule has 64 heavy (non-hydrogen) atoms. The second kappa shape index (κ2) is 18.3. The zero-order chi connectivity index (χ0) is 44.8. The summed E-state index contributed by atoms with van der Waals surface area (Å²) in [4.78, 5) is 9.69. The van der Waals surface area contributed by atoms with E-state index in [0.29, 0.717) is 22.4 Å². The fraction of sp³-hybridized carbons (Fsp3) is 0.232. The Bertz CT molecular complexity index is 3120. The van der Waals surface area contributed by atoms with Crippen LogP contribution in [0, 0.1) is 29.3 Å². The summed E-state index contributed by atoms with van der Waals surface area (Å²) in [5.41, 5.74) is 12.3. The van der Waals surface area contributed by atoms with Gasteiger partial charge in [-0.15, -0.1) is 54.1 Å². The van der Waals surface area contributed by atoms with Gasteiger partial charge in [-0.05, 0) is 86.3 Å². The molecule has 0 atom stereocenters. The first-order chi connectivity index (χ1) is 30.0. The van der Waals surface area contributed by atoms with E-state index in [1.807, 2.05) is 66.9 Å². The zero-order valence-corrected chi connectivity index (χ0v) is 41.6. The van der Waals surface area contributed by atoms with Crippen LogP contribution in [0.1, 0.15) is 82.6 Å². The molecule has 0 aliphatic carbocycles. The van der Waals surface area contributed by atoms with Gasteiger partial charge in [0, 0.05) is 37.4 Å². The van der Waals surface area contributed by atoms with Crippen molar-refractivity contribution in [2.75, 3.05) is 0 Å². The Kier molecular flexibility index (Phi) is 13.1. The maximum absolute atomic E-state index is 15.3. The van der Waals surface area contributed by atoms with E-state index in [9.17, 15) is 5.26 Å². The Balaban J connectivity index is 0.000000304. The Morgan fingerprint density at radius 2 is 1.42 bits per heavy atom. The summed E-state index contributed by atoms with van der Waals surface area (Å²) in [6, 6.07) is 49.4. The number of furan rings is 1. The Morgan fingerprint density at radius 1 is 0.750 bits per heavy atom. The van der Waals surface area contributed by atoms with Crippen molar-refractivity contribution in [3.05, 3.63) is 168 Å². The number of hydrogen-bond donors (Lipinski definition) is 0. The first kappa shape index (κ1) is 46.0. The van der Waals surface area contributed by atoms with Crippen LogP contribution in [0.25, 0.3) is 72.4 Å². The summed E-state index contributed by atoms with van der Waals surface area (Å²) in [6.45, 7) is 22.6. The molecule has 9 aromatic rings. The van der Waals surface area contributed by atoms with Crippen LogP contribution in [0.3, 0.4) is 0 Å². The van der Waals surface area contributed by atoms with E-state index >= 15 is 4.39 Å². The van der Waals surface area contributed by atoms with Gasteiger partial charge in [0.2, 0.25) is 0 Å². The van der Waals surface area contributed by atoms with Crippen LogP contribution in [0.5, 0.6) is 0 Å². The normalized spacial score (nSPS) is 11.8. The fourth-order valence-corrected chi connectivity index (χ4v) is 9.18. The van der Waals surface area contributed by atoms with Crippen molar-refractivity contribution < 1.29 is 28.9 Å². The Labute approximate surface area is 391 Å². The van der Waals surface area contributed by atoms with Crippen molar-refractivity contribution in [3.63, 3.8) is 0 Å². The monoisotopic (exact) mass is 1040 g/mol. The molecular weight excluding hydrogens is 984 g/mol. The molecule has 5 nitrogen and oxygen atoms in total. The summed E-state index contributed by atoms with van der Waals surface area (Å²) in [5, 5.41) is 12.2. The maximum atomic E-state index is 15.3. The number of fused-ring (bicyclic) bond motifs is 4. The summed E-state index contributed by atoms with van der Waals surface area (Å²) < 4.78 is 23.8. The fourth-order valence-electron chi connectivity index (χ4n) is 8.14. The average Bonchev–Trinajstić information content (AvgIpc) is 3.85. The third-order valence-corrected chi connectivity index (χ3v) is 13.8. The summed E-state index contributed by atoms with van der Waals surface area (Å²) >= 11 is 0. The molecule has 0 saturated carbocycles. The minimum absolute atomic E-state index is 0. The van der Waals surface area contributed by atoms with E-state index in [4.69, 9.17) is 9.40 Å². The third-order valence-electron chi connectivity index (χ3n) is 11.8. The van der Waals surface area contributed by atoms with Gasteiger partial charge in [-0.3, -0.25) is 4.98 Å². The van der Waals surface area contributed by atoms with Gasteiger partial charge in [-0.2, -0.15) is 5.26 Å². The molecule has 6 aromatic carbocycles. The molecule has 3 aromatic heterocycles. The van der Waals surface area contributed by atoms with Crippen LogP contribution in [0.4, 0.5) is 4.39 Å². The molecule has 0 N–H and O–H groups in total. The molecule has 0 bridgehead atoms. The summed E-state index contributed by atoms with van der Waals surface area (Å²) in [7, 11) is -1.23. The number of aromatic nitrogens is 3. The van der Waals surface area contributed by atoms with Crippen molar-refractivity contribution >= 4 is 46.2 Å². The van der Waals surface area contributed by atoms with E-state index in [2.05, 4.69) is 144 Å². The summed E-state index contributed by atoms with van der Waals surface area (Å²) in [5.74, 6) is 0.420. The number of benzene rings is 6. The van der Waals surface area contributed by atoms with Gasteiger partial charge in [0.1, 0.15) is 6.07 Å². The number of imidazole rings is 1. The number of para-hydroxylation sites is 2. The number of nitrogens with zero attached hydrogens (tertiary/aromatic N) is 4. The zero-order valence-electron chi connectivity index (χ0n) is 38.2. The number of hydrogen-bond acceptors (Lipinski definition) is 4. The SMILES string of the molecule is CC(C)c1cc(-c2ccc(C(C)(C)C)cc2)cc(C(C)C)c1-n1c(-c2[c-]ccc3c2oc2c(F)c(C#N)ccc23)nc2ccccc21.C[Si](C)(C)c1ccc(-c2[c-]cccc2)nc1.[Ir]. The van der Waals surface area contributed by atoms with E-state index in [-0.39, 0.29) is 48.5 Å². The largest absolute Gasteiger partial charge is 0.497 e. The van der Waals surface area contributed by atoms with E-state index in [1.165, 1.54) is 39.1 Å². The van der Waals surface area contributed by atoms with Gasteiger partial charge in [0.05, 0.1) is 36.1 Å². The third kappa shape index (κ3) is 8.90. The molecule has 3 heterocycles. The molecule has 1 radical (unpaired) electrons. The van der Waals surface area contributed by atoms with Crippen molar-refractivity contribution in [3.8, 4) is 45.5 Å². The maximum Gasteiger partial charge on any atom is 0.182 e. The van der Waals surface area contributed by atoms with Crippen LogP contribution >= 0.6 is 0 Å². The molecule has 325 valence electrons. The van der Waals surface area contributed by atoms with E-state index < -0.39 is 13.9 Å². The van der Waals surface area contributed by atoms with Crippen molar-refractivity contribution in [2.45, 2.75) is 85.4 Å². The van der Waals surface area contributed by atoms with Crippen molar-refractivity contribution in [1.29, 1.82) is 5.26 Å². The second-order valence-corrected chi connectivity index (χ2v) is 24.0. The van der Waals surface area contributed by atoms with Crippen LogP contribution in [0.2, 0.25) is 19.6 Å². The molecule has 0 saturated heterocycles. The van der Waals surface area contributed by atoms with Gasteiger partial charge in [-0.25, -0.2) is 4.39 Å². The standard InChI is InChI=1S/C42H37FN3O.C14H16NSi.Ir/c1-24(2)33-21-28(26-15-18-29(19-16-26)42(5,6)7)22-34(25(3)4)38(33)46-36-14-9-8-13-35(36)45-41(46)32-12-10-11-30-31-20-17-27(23-44)37(43)40(31)47-39(30)32;1-16(2,3)13-9-10-14(15-11-13)12-7-5-4-6-8-12;/h8-11,13-22,24-25H,1-7H3;4-7,9-11H,1-3H3;/q2*-1;. The van der Waals surface area contributed by atoms with Crippen molar-refractivity contribution in [2.24, 2.45) is 0 Å². The number of halogens is 1. The first-order valence-electron chi connectivity index (χ1n) is 21.7. The van der Waals surface area contributed by atoms with Gasteiger partial charge < -0.3 is 14.0 Å². The Morgan fingerprint density at radius 3 is 2.02 bits per heavy atom. The predicted molar refractivity (Wildman–Crippen MR) is 261 cm³/mol. The Hall–Kier alpha value is -5.97. The van der Waals surface area contributed by atoms with Crippen LogP contribution in [-0.2, 0) is 25.5 Å². The van der Waals surface area contributed by atoms with Crippen LogP contribution < -0.4 is 5.19 Å². The molecule has 9 rings (SSSR count). The van der Waals surface area contributed by atoms with Gasteiger partial charge >= 0.3 is 0 Å². The molecule has 0 aliphatic heterocycles. The molecule has 0 unspecified atom stereocenters. The van der Waals surface area contributed by atoms with Gasteiger partial charge in [-0.1, -0.05) is 134 Å². The minimum Gasteiger partial charge on any atom is -0.497 e. The quantitative estimate of drug-likeness (QED) is 0.118. The second-order valence-electron chi connectivity index (χ2n) is 19.0. The minimum atomic E-state index is -1.23. The number of nitriles is 1. The van der Waals surface area contributed by atoms with Gasteiger partial charge in [0.15, 0.2) is 11.4 Å². The molecule has 0 amide bonds. The summed E-state index contributed by atoms with van der Waals surface area (Å²) in [6.07, 6.45) is 2.02. The topological polar surface area (TPSA) is 67.6 Å². The number of pyridine rings is 1. The van der Waals surface area contributed by atoms with Crippen LogP contribution in [0.15, 0.2) is 132 Å². The predicted octanol–water partition coefficient (Wildman–Crippen LogP) is 14.7. The molecule has 8 heteroatoms. The van der Waals surface area contributed by atoms with Gasteiger partial charge in [0.25, 0.3) is 0 Å². The molecule has 0 fully saturated rings. The van der Waals surface area contributed by atoms with E-state index in [1.54, 1.807) is 6.07 Å². The first-order valence-corrected chi connectivity index (χ1v) is 25.2. The van der Waals surface area contributed by atoms with Crippen molar-refractivity contribution in [1.82, 2.24) is 14.5 Å². The smallest absolute Gasteiger partial charge is 0.182 e. The van der Waals surface area contributed by atoms with Crippen LogP contribution in [-0.4, -0.2) is 22.6 Å². The number of rotatable bonds is 7. The van der Waals surface area contributed by atoms with E-state index in [0.717, 1.165) is 33.4 Å². The molecule has 0 spiro atoms.